The molecule has 0 bridgehead atoms. The van der Waals surface area contributed by atoms with E-state index in [1.165, 1.54) is 19.3 Å². The summed E-state index contributed by atoms with van der Waals surface area (Å²) >= 11 is 0. The molecule has 0 aliphatic heterocycles. The average molecular weight is 260 g/mol. The van der Waals surface area contributed by atoms with E-state index in [4.69, 9.17) is 4.74 Å². The highest BCUT2D eigenvalue weighted by molar-refractivity contribution is 5.33. The van der Waals surface area contributed by atoms with Crippen LogP contribution in [0.3, 0.4) is 0 Å². The lowest BCUT2D eigenvalue weighted by atomic mass is 9.74. The predicted molar refractivity (Wildman–Crippen MR) is 76.2 cm³/mol. The first-order valence-corrected chi connectivity index (χ1v) is 7.69. The van der Waals surface area contributed by atoms with E-state index in [-0.39, 0.29) is 0 Å². The van der Waals surface area contributed by atoms with Crippen molar-refractivity contribution in [1.29, 1.82) is 0 Å². The van der Waals surface area contributed by atoms with Crippen LogP contribution in [0.25, 0.3) is 0 Å². The fourth-order valence-corrected chi connectivity index (χ4v) is 3.09. The summed E-state index contributed by atoms with van der Waals surface area (Å²) in [5.41, 5.74) is 0.411. The zero-order valence-electron chi connectivity index (χ0n) is 11.8. The van der Waals surface area contributed by atoms with Crippen LogP contribution in [-0.4, -0.2) is 11.2 Å². The first kappa shape index (κ1) is 13.0. The Hall–Kier alpha value is -1.02. The zero-order chi connectivity index (χ0) is 13.3. The summed E-state index contributed by atoms with van der Waals surface area (Å²) < 4.78 is 5.83. The molecular formula is C17H24O2. The van der Waals surface area contributed by atoms with Gasteiger partial charge in [0.25, 0.3) is 0 Å². The molecular weight excluding hydrogens is 236 g/mol. The van der Waals surface area contributed by atoms with Gasteiger partial charge in [-0.3, -0.25) is 0 Å². The molecule has 1 aromatic rings. The summed E-state index contributed by atoms with van der Waals surface area (Å²) in [7, 11) is 0. The summed E-state index contributed by atoms with van der Waals surface area (Å²) in [6.07, 6.45) is 8.05. The Morgan fingerprint density at radius 1 is 1.21 bits per heavy atom. The molecule has 2 saturated carbocycles. The lowest BCUT2D eigenvalue weighted by Crippen LogP contribution is -2.31. The molecule has 0 radical (unpaired) electrons. The van der Waals surface area contributed by atoms with Gasteiger partial charge in [0.1, 0.15) is 5.75 Å². The van der Waals surface area contributed by atoms with Crippen LogP contribution < -0.4 is 4.74 Å². The number of rotatable bonds is 4. The molecule has 2 aliphatic carbocycles. The third kappa shape index (κ3) is 2.94. The average Bonchev–Trinajstić information content (AvgIpc) is 3.24. The van der Waals surface area contributed by atoms with Crippen molar-refractivity contribution in [3.63, 3.8) is 0 Å². The largest absolute Gasteiger partial charge is 0.490 e. The number of aliphatic hydroxyl groups is 1. The van der Waals surface area contributed by atoms with Crippen LogP contribution in [0.15, 0.2) is 24.3 Å². The van der Waals surface area contributed by atoms with Crippen LogP contribution in [0.2, 0.25) is 0 Å². The van der Waals surface area contributed by atoms with E-state index in [1.807, 2.05) is 24.3 Å². The van der Waals surface area contributed by atoms with Gasteiger partial charge in [-0.1, -0.05) is 25.5 Å². The van der Waals surface area contributed by atoms with Crippen LogP contribution >= 0.6 is 0 Å². The highest BCUT2D eigenvalue weighted by Crippen LogP contribution is 2.41. The second kappa shape index (κ2) is 5.16. The monoisotopic (exact) mass is 260 g/mol. The van der Waals surface area contributed by atoms with E-state index >= 15 is 0 Å². The molecule has 0 spiro atoms. The predicted octanol–water partition coefficient (Wildman–Crippen LogP) is 4.02. The van der Waals surface area contributed by atoms with E-state index in [0.717, 1.165) is 42.9 Å². The molecule has 2 heteroatoms. The first-order valence-electron chi connectivity index (χ1n) is 7.69. The van der Waals surface area contributed by atoms with Gasteiger partial charge in [-0.05, 0) is 62.1 Å². The Labute approximate surface area is 115 Å². The highest BCUT2D eigenvalue weighted by atomic mass is 16.5. The van der Waals surface area contributed by atoms with Gasteiger partial charge in [-0.25, -0.2) is 0 Å². The maximum Gasteiger partial charge on any atom is 0.120 e. The molecule has 0 amide bonds. The van der Waals surface area contributed by atoms with Crippen molar-refractivity contribution in [2.45, 2.75) is 63.6 Å². The molecule has 0 unspecified atom stereocenters. The zero-order valence-corrected chi connectivity index (χ0v) is 11.8. The SMILES string of the molecule is CCC1CCC(O)(c2cccc(OC3CC3)c2)CC1. The molecule has 2 aliphatic rings. The van der Waals surface area contributed by atoms with Gasteiger partial charge in [0.15, 0.2) is 0 Å². The Balaban J connectivity index is 1.73. The number of hydrogen-bond donors (Lipinski definition) is 1. The summed E-state index contributed by atoms with van der Waals surface area (Å²) in [5, 5.41) is 10.9. The Morgan fingerprint density at radius 3 is 2.58 bits per heavy atom. The minimum Gasteiger partial charge on any atom is -0.490 e. The van der Waals surface area contributed by atoms with E-state index in [1.54, 1.807) is 0 Å². The van der Waals surface area contributed by atoms with E-state index < -0.39 is 5.60 Å². The van der Waals surface area contributed by atoms with Gasteiger partial charge in [-0.15, -0.1) is 0 Å². The fraction of sp³-hybridized carbons (Fsp3) is 0.647. The van der Waals surface area contributed by atoms with E-state index in [0.29, 0.717) is 6.10 Å². The molecule has 19 heavy (non-hydrogen) atoms. The van der Waals surface area contributed by atoms with Gasteiger partial charge in [0.05, 0.1) is 11.7 Å². The molecule has 0 aromatic heterocycles. The third-order valence-corrected chi connectivity index (χ3v) is 4.71. The van der Waals surface area contributed by atoms with Crippen LogP contribution in [-0.2, 0) is 5.60 Å². The van der Waals surface area contributed by atoms with Crippen LogP contribution in [0.1, 0.15) is 57.4 Å². The number of benzene rings is 1. The van der Waals surface area contributed by atoms with Crippen molar-refractivity contribution in [2.24, 2.45) is 5.92 Å². The highest BCUT2D eigenvalue weighted by Gasteiger charge is 2.34. The lowest BCUT2D eigenvalue weighted by Gasteiger charge is -2.36. The van der Waals surface area contributed by atoms with Gasteiger partial charge in [0, 0.05) is 0 Å². The van der Waals surface area contributed by atoms with Crippen LogP contribution in [0, 0.1) is 5.92 Å². The topological polar surface area (TPSA) is 29.5 Å². The van der Waals surface area contributed by atoms with Crippen molar-refractivity contribution in [2.75, 3.05) is 0 Å². The van der Waals surface area contributed by atoms with Crippen molar-refractivity contribution in [3.05, 3.63) is 29.8 Å². The minimum atomic E-state index is -0.630. The Bertz CT molecular complexity index is 429. The van der Waals surface area contributed by atoms with Crippen molar-refractivity contribution >= 4 is 0 Å². The van der Waals surface area contributed by atoms with Crippen molar-refractivity contribution in [3.8, 4) is 5.75 Å². The number of hydrogen-bond acceptors (Lipinski definition) is 2. The van der Waals surface area contributed by atoms with E-state index in [2.05, 4.69) is 6.92 Å². The Morgan fingerprint density at radius 2 is 1.95 bits per heavy atom. The standard InChI is InChI=1S/C17H24O2/c1-2-13-8-10-17(18,11-9-13)14-4-3-5-16(12-14)19-15-6-7-15/h3-5,12-13,15,18H,2,6-11H2,1H3. The summed E-state index contributed by atoms with van der Waals surface area (Å²) in [5.74, 6) is 1.72. The number of ether oxygens (including phenoxy) is 1. The van der Waals surface area contributed by atoms with Gasteiger partial charge in [-0.2, -0.15) is 0 Å². The fourth-order valence-electron chi connectivity index (χ4n) is 3.09. The first-order chi connectivity index (χ1) is 9.19. The maximum absolute atomic E-state index is 10.9. The van der Waals surface area contributed by atoms with E-state index in [9.17, 15) is 5.11 Å². The Kier molecular flexibility index (Phi) is 3.53. The van der Waals surface area contributed by atoms with Crippen molar-refractivity contribution < 1.29 is 9.84 Å². The minimum absolute atomic E-state index is 0.417. The molecule has 3 rings (SSSR count). The van der Waals surface area contributed by atoms with Crippen LogP contribution in [0.5, 0.6) is 5.75 Å². The van der Waals surface area contributed by atoms with Gasteiger partial charge >= 0.3 is 0 Å². The molecule has 1 N–H and O–H groups in total. The molecule has 1 aromatic carbocycles. The maximum atomic E-state index is 10.9. The van der Waals surface area contributed by atoms with Gasteiger partial charge < -0.3 is 9.84 Å². The normalized spacial score (nSPS) is 31.2. The smallest absolute Gasteiger partial charge is 0.120 e. The molecule has 0 atom stereocenters. The second-order valence-corrected chi connectivity index (χ2v) is 6.23. The molecule has 2 nitrogen and oxygen atoms in total. The molecule has 2 fully saturated rings. The van der Waals surface area contributed by atoms with Gasteiger partial charge in [0.2, 0.25) is 0 Å². The molecule has 104 valence electrons. The quantitative estimate of drug-likeness (QED) is 0.886. The lowest BCUT2D eigenvalue weighted by molar-refractivity contribution is -0.0147. The van der Waals surface area contributed by atoms with Crippen LogP contribution in [0.4, 0.5) is 0 Å². The second-order valence-electron chi connectivity index (χ2n) is 6.23. The molecule has 0 saturated heterocycles. The third-order valence-electron chi connectivity index (χ3n) is 4.71. The molecule has 0 heterocycles. The summed E-state index contributed by atoms with van der Waals surface area (Å²) in [6.45, 7) is 2.25. The summed E-state index contributed by atoms with van der Waals surface area (Å²) in [4.78, 5) is 0. The van der Waals surface area contributed by atoms with Crippen molar-refractivity contribution in [1.82, 2.24) is 0 Å². The summed E-state index contributed by atoms with van der Waals surface area (Å²) in [6, 6.07) is 8.11.